The third kappa shape index (κ3) is 10.6. The summed E-state index contributed by atoms with van der Waals surface area (Å²) in [6.45, 7) is 1.26. The maximum Gasteiger partial charge on any atom is 0.364 e. The van der Waals surface area contributed by atoms with Gasteiger partial charge in [-0.25, -0.2) is 4.79 Å². The van der Waals surface area contributed by atoms with Gasteiger partial charge in [0.15, 0.2) is 0 Å². The van der Waals surface area contributed by atoms with Crippen molar-refractivity contribution in [2.45, 2.75) is 81.7 Å². The largest absolute Gasteiger partial charge is 0.477 e. The van der Waals surface area contributed by atoms with Gasteiger partial charge in [-0.05, 0) is 54.2 Å². The average molecular weight is 710 g/mol. The van der Waals surface area contributed by atoms with E-state index in [1.807, 2.05) is 49.5 Å². The number of carboxylic acids is 1. The Morgan fingerprint density at radius 1 is 1.06 bits per heavy atom. The molecule has 51 heavy (non-hydrogen) atoms. The molecule has 1 aromatic heterocycles. The number of benzene rings is 2. The summed E-state index contributed by atoms with van der Waals surface area (Å²) >= 11 is 0. The van der Waals surface area contributed by atoms with Crippen LogP contribution in [0.1, 0.15) is 43.2 Å². The van der Waals surface area contributed by atoms with Gasteiger partial charge in [0.2, 0.25) is 11.8 Å². The van der Waals surface area contributed by atoms with Crippen molar-refractivity contribution in [2.24, 2.45) is 0 Å². The maximum atomic E-state index is 12.8. The lowest BCUT2D eigenvalue weighted by molar-refractivity contribution is -0.310. The molecule has 1 aliphatic heterocycles. The Morgan fingerprint density at radius 2 is 1.76 bits per heavy atom. The van der Waals surface area contributed by atoms with Crippen LogP contribution in [0, 0.1) is 19.3 Å². The summed E-state index contributed by atoms with van der Waals surface area (Å²) in [6.07, 6.45) is 2.14. The Bertz CT molecular complexity index is 1650. The molecule has 0 saturated carbocycles. The third-order valence-corrected chi connectivity index (χ3v) is 8.85. The van der Waals surface area contributed by atoms with E-state index in [2.05, 4.69) is 27.6 Å². The van der Waals surface area contributed by atoms with Gasteiger partial charge < -0.3 is 55.4 Å². The van der Waals surface area contributed by atoms with Crippen LogP contribution in [-0.4, -0.2) is 118 Å². The smallest absolute Gasteiger partial charge is 0.364 e. The Hall–Kier alpha value is -4.33. The highest BCUT2D eigenvalue weighted by atomic mass is 16.7. The van der Waals surface area contributed by atoms with E-state index in [1.54, 1.807) is 0 Å². The van der Waals surface area contributed by atoms with Crippen LogP contribution in [-0.2, 0) is 35.0 Å². The van der Waals surface area contributed by atoms with Gasteiger partial charge in [-0.1, -0.05) is 49.1 Å². The van der Waals surface area contributed by atoms with Crippen LogP contribution in [0.5, 0.6) is 0 Å². The second kappa shape index (κ2) is 18.8. The first-order chi connectivity index (χ1) is 24.5. The van der Waals surface area contributed by atoms with Gasteiger partial charge in [0, 0.05) is 36.7 Å². The van der Waals surface area contributed by atoms with Gasteiger partial charge in [-0.2, -0.15) is 0 Å². The standard InChI is InChI=1S/C37H47N3O11/c1-3-14-49-15-6-4-5-7-16-50-37(36(47)48)19-29(42)33(40-32(45)22-41)35(51-37)34(46)30(43)21-39-31(44)17-24-8-10-25(11-9-24)26-12-13-28-27(18-26)23(2)20-38-28/h1,8-13,18,20,29-30,33-35,38,41-43,46H,4-7,14-17,19,21-22H2,2H3,(H,39,44)(H,40,45)(H,47,48)/t29-,30+,33+,34+,35+,37+/m0/s1. The number of fused-ring (bicyclic) bond motifs is 1. The van der Waals surface area contributed by atoms with Crippen molar-refractivity contribution < 1.29 is 54.1 Å². The fraction of sp³-hybridized carbons (Fsp3) is 0.486. The molecule has 2 aromatic carbocycles. The third-order valence-electron chi connectivity index (χ3n) is 8.85. The summed E-state index contributed by atoms with van der Waals surface area (Å²) in [5, 5.41) is 58.3. The number of aromatic nitrogens is 1. The van der Waals surface area contributed by atoms with Gasteiger partial charge >= 0.3 is 5.97 Å². The number of aromatic amines is 1. The molecule has 0 bridgehead atoms. The molecule has 14 heteroatoms. The van der Waals surface area contributed by atoms with Crippen LogP contribution < -0.4 is 10.6 Å². The van der Waals surface area contributed by atoms with Crippen molar-refractivity contribution in [3.05, 3.63) is 59.8 Å². The molecule has 2 heterocycles. The predicted molar refractivity (Wildman–Crippen MR) is 186 cm³/mol. The van der Waals surface area contributed by atoms with E-state index in [-0.39, 0.29) is 19.6 Å². The minimum atomic E-state index is -2.41. The van der Waals surface area contributed by atoms with Crippen molar-refractivity contribution in [3.8, 4) is 23.5 Å². The Morgan fingerprint density at radius 3 is 2.45 bits per heavy atom. The van der Waals surface area contributed by atoms with E-state index in [0.29, 0.717) is 25.0 Å². The number of aliphatic carboxylic acids is 1. The zero-order chi connectivity index (χ0) is 37.0. The van der Waals surface area contributed by atoms with Crippen molar-refractivity contribution in [1.29, 1.82) is 0 Å². The lowest BCUT2D eigenvalue weighted by Crippen LogP contribution is -2.68. The summed E-state index contributed by atoms with van der Waals surface area (Å²) in [7, 11) is 0. The molecule has 1 saturated heterocycles. The van der Waals surface area contributed by atoms with Crippen molar-refractivity contribution >= 4 is 28.7 Å². The fourth-order valence-electron chi connectivity index (χ4n) is 6.04. The molecular formula is C37H47N3O11. The van der Waals surface area contributed by atoms with Crippen LogP contribution in [0.15, 0.2) is 48.7 Å². The van der Waals surface area contributed by atoms with Crippen LogP contribution in [0.3, 0.4) is 0 Å². The number of aliphatic hydroxyl groups excluding tert-OH is 4. The number of hydrogen-bond donors (Lipinski definition) is 8. The first-order valence-electron chi connectivity index (χ1n) is 16.9. The number of unbranched alkanes of at least 4 members (excludes halogenated alkanes) is 3. The van der Waals surface area contributed by atoms with E-state index < -0.39 is 73.6 Å². The summed E-state index contributed by atoms with van der Waals surface area (Å²) in [5.74, 6) is -3.00. The van der Waals surface area contributed by atoms with Gasteiger partial charge in [-0.3, -0.25) is 9.59 Å². The van der Waals surface area contributed by atoms with E-state index in [9.17, 15) is 39.9 Å². The predicted octanol–water partition coefficient (Wildman–Crippen LogP) is 1.16. The molecule has 0 radical (unpaired) electrons. The minimum Gasteiger partial charge on any atom is -0.477 e. The lowest BCUT2D eigenvalue weighted by atomic mass is 9.88. The topological polar surface area (TPSA) is 220 Å². The van der Waals surface area contributed by atoms with Gasteiger partial charge in [0.05, 0.1) is 31.3 Å². The first kappa shape index (κ1) is 39.5. The molecule has 2 amide bonds. The molecule has 1 fully saturated rings. The van der Waals surface area contributed by atoms with Crippen LogP contribution in [0.4, 0.5) is 0 Å². The van der Waals surface area contributed by atoms with Crippen molar-refractivity contribution in [1.82, 2.24) is 15.6 Å². The fourth-order valence-corrected chi connectivity index (χ4v) is 6.04. The number of aliphatic hydroxyl groups is 4. The number of carbonyl (C=O) groups is 3. The number of carbonyl (C=O) groups excluding carboxylic acids is 2. The van der Waals surface area contributed by atoms with Crippen molar-refractivity contribution in [2.75, 3.05) is 33.0 Å². The number of H-pyrrole nitrogens is 1. The number of nitrogens with one attached hydrogen (secondary N) is 3. The Balaban J connectivity index is 1.35. The highest BCUT2D eigenvalue weighted by Gasteiger charge is 2.55. The Labute approximate surface area is 296 Å². The minimum absolute atomic E-state index is 0.0270. The summed E-state index contributed by atoms with van der Waals surface area (Å²) < 4.78 is 16.6. The molecule has 1 aliphatic rings. The summed E-state index contributed by atoms with van der Waals surface area (Å²) in [5.41, 5.74) is 4.89. The number of hydrogen-bond acceptors (Lipinski definition) is 10. The molecular weight excluding hydrogens is 662 g/mol. The van der Waals surface area contributed by atoms with Gasteiger partial charge in [0.1, 0.15) is 25.4 Å². The highest BCUT2D eigenvalue weighted by molar-refractivity contribution is 5.88. The molecule has 0 spiro atoms. The highest BCUT2D eigenvalue weighted by Crippen LogP contribution is 2.34. The van der Waals surface area contributed by atoms with E-state index in [0.717, 1.165) is 40.4 Å². The molecule has 8 N–H and O–H groups in total. The molecule has 276 valence electrons. The summed E-state index contributed by atoms with van der Waals surface area (Å²) in [6, 6.07) is 12.2. The van der Waals surface area contributed by atoms with Crippen LogP contribution in [0.2, 0.25) is 0 Å². The first-order valence-corrected chi connectivity index (χ1v) is 16.9. The second-order valence-electron chi connectivity index (χ2n) is 12.7. The number of carboxylic acid groups (broad SMARTS) is 1. The molecule has 0 unspecified atom stereocenters. The molecule has 14 nitrogen and oxygen atoms in total. The second-order valence-corrected chi connectivity index (χ2v) is 12.7. The average Bonchev–Trinajstić information content (AvgIpc) is 3.50. The SMILES string of the molecule is C#CCOCCCCCCO[C@]1(C(=O)O)C[C@H](O)[C@@H](NC(=O)CO)[C@H]([C@H](O)[C@H](O)CNC(=O)Cc2ccc(-c3ccc4[nH]cc(C)c4c3)cc2)O1. The number of aryl methyl sites for hydroxylation is 1. The number of ether oxygens (including phenoxy) is 3. The molecule has 3 aromatic rings. The van der Waals surface area contributed by atoms with Crippen LogP contribution in [0.25, 0.3) is 22.0 Å². The zero-order valence-electron chi connectivity index (χ0n) is 28.5. The van der Waals surface area contributed by atoms with Crippen LogP contribution >= 0.6 is 0 Å². The monoisotopic (exact) mass is 709 g/mol. The molecule has 6 atom stereocenters. The number of terminal acetylenes is 1. The van der Waals surface area contributed by atoms with Gasteiger partial charge in [-0.15, -0.1) is 6.42 Å². The van der Waals surface area contributed by atoms with Gasteiger partial charge in [0.25, 0.3) is 5.79 Å². The van der Waals surface area contributed by atoms with E-state index >= 15 is 0 Å². The van der Waals surface area contributed by atoms with E-state index in [4.69, 9.17) is 20.6 Å². The maximum absolute atomic E-state index is 12.8. The normalized spacial score (nSPS) is 21.5. The van der Waals surface area contributed by atoms with E-state index in [1.165, 1.54) is 0 Å². The quantitative estimate of drug-likeness (QED) is 0.0652. The zero-order valence-corrected chi connectivity index (χ0v) is 28.5. The number of amides is 2. The number of rotatable bonds is 19. The molecule has 0 aliphatic carbocycles. The Kier molecular flexibility index (Phi) is 14.5. The van der Waals surface area contributed by atoms with Crippen molar-refractivity contribution in [3.63, 3.8) is 0 Å². The molecule has 4 rings (SSSR count). The summed E-state index contributed by atoms with van der Waals surface area (Å²) in [4.78, 5) is 40.5. The lowest BCUT2D eigenvalue weighted by Gasteiger charge is -2.46.